The van der Waals surface area contributed by atoms with Crippen LogP contribution in [0.15, 0.2) is 24.3 Å². The second kappa shape index (κ2) is 12.2. The van der Waals surface area contributed by atoms with Crippen LogP contribution in [0.4, 0.5) is 27.8 Å². The van der Waals surface area contributed by atoms with Gasteiger partial charge in [-0.1, -0.05) is 18.9 Å². The molecule has 2 N–H and O–H groups in total. The van der Waals surface area contributed by atoms with Crippen LogP contribution in [-0.4, -0.2) is 87.8 Å². The minimum absolute atomic E-state index is 0.00669. The summed E-state index contributed by atoms with van der Waals surface area (Å²) >= 11 is 0. The topological polar surface area (TPSA) is 95.9 Å². The molecule has 14 heteroatoms. The molecule has 0 spiro atoms. The van der Waals surface area contributed by atoms with Crippen molar-refractivity contribution in [2.45, 2.75) is 75.5 Å². The Morgan fingerprint density at radius 3 is 2.76 bits per heavy atom. The van der Waals surface area contributed by atoms with E-state index in [1.54, 1.807) is 0 Å². The van der Waals surface area contributed by atoms with Crippen LogP contribution >= 0.6 is 0 Å². The molecule has 2 aromatic heterocycles. The van der Waals surface area contributed by atoms with Gasteiger partial charge >= 0.3 is 12.4 Å². The summed E-state index contributed by atoms with van der Waals surface area (Å²) in [6.45, 7) is 4.08. The van der Waals surface area contributed by atoms with Crippen LogP contribution in [-0.2, 0) is 11.2 Å². The number of pyridine rings is 1. The van der Waals surface area contributed by atoms with Gasteiger partial charge in [0.1, 0.15) is 35.2 Å². The number of terminal acetylenes is 1. The first-order valence-corrected chi connectivity index (χ1v) is 16.9. The van der Waals surface area contributed by atoms with Gasteiger partial charge in [0.25, 0.3) is 0 Å². The fraction of sp³-hybridized carbons (Fsp3) is 0.472. The Labute approximate surface area is 284 Å². The molecule has 0 amide bonds. The van der Waals surface area contributed by atoms with Gasteiger partial charge in [-0.15, -0.1) is 19.6 Å². The number of nitrogens with one attached hydrogen (secondary N) is 1. The number of ether oxygens (including phenoxy) is 2. The first kappa shape index (κ1) is 32.9. The molecular weight excluding hydrogens is 659 g/mol. The molecule has 0 radical (unpaired) electrons. The van der Waals surface area contributed by atoms with Crippen LogP contribution in [0, 0.1) is 24.0 Å². The van der Waals surface area contributed by atoms with Crippen LogP contribution in [0.5, 0.6) is 11.8 Å². The maximum absolute atomic E-state index is 17.1. The smallest absolute Gasteiger partial charge is 0.508 e. The maximum Gasteiger partial charge on any atom is 0.522 e. The molecule has 3 saturated heterocycles. The van der Waals surface area contributed by atoms with Crippen molar-refractivity contribution < 1.29 is 36.5 Å². The second-order valence-corrected chi connectivity index (χ2v) is 13.7. The monoisotopic (exact) mass is 694 g/mol. The Kier molecular flexibility index (Phi) is 8.00. The van der Waals surface area contributed by atoms with Crippen molar-refractivity contribution in [2.24, 2.45) is 0 Å². The Bertz CT molecular complexity index is 2050. The van der Waals surface area contributed by atoms with Crippen LogP contribution in [0.1, 0.15) is 50.3 Å². The number of phenolic OH excluding ortho intramolecular Hbond substituents is 1. The molecule has 4 aliphatic heterocycles. The molecule has 8 rings (SSSR count). The molecule has 0 bridgehead atoms. The molecule has 4 aliphatic rings. The van der Waals surface area contributed by atoms with E-state index in [1.807, 2.05) is 4.90 Å². The van der Waals surface area contributed by atoms with Gasteiger partial charge < -0.3 is 20.1 Å². The first-order valence-electron chi connectivity index (χ1n) is 16.9. The number of aromatic nitrogens is 3. The summed E-state index contributed by atoms with van der Waals surface area (Å²) in [6, 6.07) is 5.45. The zero-order valence-corrected chi connectivity index (χ0v) is 27.3. The van der Waals surface area contributed by atoms with Crippen LogP contribution in [0.25, 0.3) is 32.9 Å². The molecule has 50 heavy (non-hydrogen) atoms. The maximum atomic E-state index is 17.1. The van der Waals surface area contributed by atoms with E-state index in [9.17, 15) is 22.7 Å². The van der Waals surface area contributed by atoms with E-state index < -0.39 is 29.6 Å². The van der Waals surface area contributed by atoms with Gasteiger partial charge in [0.05, 0.1) is 28.3 Å². The number of fused-ring (bicyclic) bond motifs is 4. The lowest BCUT2D eigenvalue weighted by Gasteiger charge is -2.40. The molecule has 2 unspecified atom stereocenters. The quantitative estimate of drug-likeness (QED) is 0.191. The van der Waals surface area contributed by atoms with Gasteiger partial charge in [0, 0.05) is 42.7 Å². The largest absolute Gasteiger partial charge is 0.522 e. The van der Waals surface area contributed by atoms with Crippen LogP contribution in [0.2, 0.25) is 0 Å². The van der Waals surface area contributed by atoms with Crippen molar-refractivity contribution in [1.82, 2.24) is 25.2 Å². The Morgan fingerprint density at radius 2 is 1.98 bits per heavy atom. The minimum atomic E-state index is -4.75. The third-order valence-electron chi connectivity index (χ3n) is 10.8. The molecular formula is C36H35F5N6O3. The first-order chi connectivity index (χ1) is 24.0. The number of alkyl halides is 3. The lowest BCUT2D eigenvalue weighted by atomic mass is 9.94. The molecule has 4 atom stereocenters. The standard InChI is InChI=1S/C36H35F5N6O3/c1-3-20-16-47-21(15-42-20)7-9-27-29-32(30(38)31(43-27)25-13-22(48)12-19-6-8-26(37)24(4-2)28(19)25)44-34(45-33(29)47)49-18-35-10-5-11-46(35)17-23(14-35)50-36(39,40)41/h2,6,8,12-13,20-21,23,42,48H,3,5,7,9-11,14-18H2,1H3/t20-,21-,23?,35?/m1/s1. The molecule has 0 saturated carbocycles. The predicted molar refractivity (Wildman–Crippen MR) is 176 cm³/mol. The summed E-state index contributed by atoms with van der Waals surface area (Å²) in [5, 5.41) is 15.3. The predicted octanol–water partition coefficient (Wildman–Crippen LogP) is 5.84. The van der Waals surface area contributed by atoms with E-state index in [-0.39, 0.29) is 71.1 Å². The van der Waals surface area contributed by atoms with E-state index in [0.29, 0.717) is 61.2 Å². The van der Waals surface area contributed by atoms with Gasteiger partial charge in [0.15, 0.2) is 5.82 Å². The number of hydrogen-bond donors (Lipinski definition) is 2. The fourth-order valence-corrected chi connectivity index (χ4v) is 8.48. The fourth-order valence-electron chi connectivity index (χ4n) is 8.48. The summed E-state index contributed by atoms with van der Waals surface area (Å²) in [5.41, 5.74) is -0.356. The summed E-state index contributed by atoms with van der Waals surface area (Å²) in [5.74, 6) is 1.17. The second-order valence-electron chi connectivity index (χ2n) is 13.7. The van der Waals surface area contributed by atoms with Crippen molar-refractivity contribution in [3.05, 3.63) is 47.2 Å². The van der Waals surface area contributed by atoms with Gasteiger partial charge in [0.2, 0.25) is 0 Å². The molecule has 4 aromatic rings. The number of aromatic hydroxyl groups is 1. The van der Waals surface area contributed by atoms with Crippen molar-refractivity contribution >= 4 is 27.5 Å². The zero-order chi connectivity index (χ0) is 34.9. The van der Waals surface area contributed by atoms with Crippen molar-refractivity contribution in [1.29, 1.82) is 0 Å². The van der Waals surface area contributed by atoms with Gasteiger partial charge in [-0.05, 0) is 68.7 Å². The molecule has 2 aromatic carbocycles. The van der Waals surface area contributed by atoms with Gasteiger partial charge in [-0.3, -0.25) is 9.64 Å². The van der Waals surface area contributed by atoms with Crippen molar-refractivity contribution in [3.8, 4) is 35.4 Å². The van der Waals surface area contributed by atoms with Crippen LogP contribution in [0.3, 0.4) is 0 Å². The molecule has 262 valence electrons. The summed E-state index contributed by atoms with van der Waals surface area (Å²) < 4.78 is 82.2. The zero-order valence-electron chi connectivity index (χ0n) is 27.3. The number of anilines is 1. The highest BCUT2D eigenvalue weighted by Gasteiger charge is 2.52. The normalized spacial score (nSPS) is 25.1. The van der Waals surface area contributed by atoms with E-state index in [0.717, 1.165) is 12.8 Å². The van der Waals surface area contributed by atoms with Crippen LogP contribution < -0.4 is 15.0 Å². The van der Waals surface area contributed by atoms with Crippen molar-refractivity contribution in [2.75, 3.05) is 37.7 Å². The summed E-state index contributed by atoms with van der Waals surface area (Å²) in [6.07, 6.45) is 3.46. The van der Waals surface area contributed by atoms with E-state index >= 15 is 4.39 Å². The Hall–Kier alpha value is -4.32. The van der Waals surface area contributed by atoms with Gasteiger partial charge in [-0.2, -0.15) is 9.97 Å². The number of nitrogens with zero attached hydrogens (tertiary/aromatic N) is 5. The number of phenols is 1. The average Bonchev–Trinajstić information content (AvgIpc) is 3.57. The number of aryl methyl sites for hydroxylation is 1. The summed E-state index contributed by atoms with van der Waals surface area (Å²) in [7, 11) is 0. The molecule has 0 aliphatic carbocycles. The number of benzene rings is 2. The molecule has 9 nitrogen and oxygen atoms in total. The van der Waals surface area contributed by atoms with E-state index in [1.165, 1.54) is 24.3 Å². The third kappa shape index (κ3) is 5.56. The highest BCUT2D eigenvalue weighted by atomic mass is 19.4. The molecule has 3 fully saturated rings. The number of halogens is 5. The third-order valence-corrected chi connectivity index (χ3v) is 10.8. The number of hydrogen-bond acceptors (Lipinski definition) is 9. The van der Waals surface area contributed by atoms with E-state index in [2.05, 4.69) is 32.8 Å². The SMILES string of the molecule is C#Cc1c(F)ccc2cc(O)cc(-c3nc4c5c(nc(OCC67CCCN6CC(OC(F)(F)F)C7)nc5c3F)N3C[C@@H](CC)NC[C@H]3CC4)c12. The molecule has 6 heterocycles. The Morgan fingerprint density at radius 1 is 1.14 bits per heavy atom. The Balaban J connectivity index is 1.28. The highest BCUT2D eigenvalue weighted by Crippen LogP contribution is 2.44. The number of rotatable bonds is 6. The highest BCUT2D eigenvalue weighted by molar-refractivity contribution is 6.03. The minimum Gasteiger partial charge on any atom is -0.508 e. The summed E-state index contributed by atoms with van der Waals surface area (Å²) in [4.78, 5) is 18.4. The average molecular weight is 695 g/mol. The number of piperazine rings is 1. The van der Waals surface area contributed by atoms with E-state index in [4.69, 9.17) is 21.1 Å². The van der Waals surface area contributed by atoms with Crippen molar-refractivity contribution in [3.63, 3.8) is 0 Å². The van der Waals surface area contributed by atoms with Gasteiger partial charge in [-0.25, -0.2) is 13.8 Å². The lowest BCUT2D eigenvalue weighted by Crippen LogP contribution is -2.56. The lowest BCUT2D eigenvalue weighted by molar-refractivity contribution is -0.340.